The number of anilines is 2. The molecule has 19 heavy (non-hydrogen) atoms. The Morgan fingerprint density at radius 1 is 1.21 bits per heavy atom. The minimum absolute atomic E-state index is 0.430. The second kappa shape index (κ2) is 5.43. The van der Waals surface area contributed by atoms with Crippen LogP contribution in [0.2, 0.25) is 0 Å². The monoisotopic (exact) mass is 258 g/mol. The number of hydrogen-bond donors (Lipinski definition) is 1. The average Bonchev–Trinajstić information content (AvgIpc) is 2.36. The van der Waals surface area contributed by atoms with E-state index in [-0.39, 0.29) is 0 Å². The molecule has 4 heteroatoms. The van der Waals surface area contributed by atoms with E-state index in [2.05, 4.69) is 42.7 Å². The molecule has 0 radical (unpaired) electrons. The highest BCUT2D eigenvalue weighted by Crippen LogP contribution is 2.26. The summed E-state index contributed by atoms with van der Waals surface area (Å²) in [7, 11) is 2.08. The molecule has 102 valence electrons. The summed E-state index contributed by atoms with van der Waals surface area (Å²) in [6.07, 6.45) is 2.75. The van der Waals surface area contributed by atoms with Gasteiger partial charge in [0.1, 0.15) is 12.1 Å². The first-order valence-electron chi connectivity index (χ1n) is 6.72. The van der Waals surface area contributed by atoms with E-state index >= 15 is 0 Å². The lowest BCUT2D eigenvalue weighted by Crippen LogP contribution is -2.31. The maximum absolute atomic E-state index is 5.88. The van der Waals surface area contributed by atoms with Crippen LogP contribution in [0.15, 0.2) is 24.5 Å². The number of nitrogens with zero attached hydrogens (tertiary/aromatic N) is 3. The zero-order chi connectivity index (χ0) is 14.0. The third-order valence-electron chi connectivity index (χ3n) is 3.45. The highest BCUT2D eigenvalue weighted by atomic mass is 15.2. The number of nitrogens with two attached hydrogens (primary N) is 1. The van der Waals surface area contributed by atoms with E-state index in [1.54, 1.807) is 6.33 Å². The Morgan fingerprint density at radius 3 is 2.63 bits per heavy atom. The van der Waals surface area contributed by atoms with E-state index in [0.29, 0.717) is 12.0 Å². The Hall–Kier alpha value is -1.84. The Labute approximate surface area is 114 Å². The van der Waals surface area contributed by atoms with Crippen molar-refractivity contribution in [1.29, 1.82) is 0 Å². The molecule has 1 aromatic carbocycles. The molecule has 1 unspecified atom stereocenters. The van der Waals surface area contributed by atoms with Gasteiger partial charge in [-0.15, -0.1) is 0 Å². The molecule has 1 heterocycles. The van der Waals surface area contributed by atoms with Gasteiger partial charge in [-0.25, -0.2) is 9.97 Å². The summed E-state index contributed by atoms with van der Waals surface area (Å²) in [5, 5.41) is 1.01. The van der Waals surface area contributed by atoms with Gasteiger partial charge in [-0.1, -0.05) is 13.8 Å². The van der Waals surface area contributed by atoms with Gasteiger partial charge in [0.25, 0.3) is 0 Å². The van der Waals surface area contributed by atoms with Gasteiger partial charge >= 0.3 is 0 Å². The average molecular weight is 258 g/mol. The van der Waals surface area contributed by atoms with Crippen molar-refractivity contribution in [3.8, 4) is 0 Å². The molecule has 0 aliphatic rings. The quantitative estimate of drug-likeness (QED) is 0.856. The van der Waals surface area contributed by atoms with Crippen LogP contribution in [0.25, 0.3) is 10.9 Å². The van der Waals surface area contributed by atoms with Gasteiger partial charge in [-0.2, -0.15) is 0 Å². The summed E-state index contributed by atoms with van der Waals surface area (Å²) in [4.78, 5) is 10.9. The topological polar surface area (TPSA) is 55.0 Å². The zero-order valence-corrected chi connectivity index (χ0v) is 12.1. The highest BCUT2D eigenvalue weighted by molar-refractivity contribution is 5.91. The van der Waals surface area contributed by atoms with Gasteiger partial charge in [0.2, 0.25) is 0 Å². The van der Waals surface area contributed by atoms with E-state index in [9.17, 15) is 0 Å². The fraction of sp³-hybridized carbons (Fsp3) is 0.467. The maximum Gasteiger partial charge on any atom is 0.139 e. The third-order valence-corrected chi connectivity index (χ3v) is 3.45. The van der Waals surface area contributed by atoms with Crippen molar-refractivity contribution in [2.45, 2.75) is 33.2 Å². The molecule has 0 fully saturated rings. The first-order valence-corrected chi connectivity index (χ1v) is 6.72. The second-order valence-electron chi connectivity index (χ2n) is 5.56. The molecule has 2 N–H and O–H groups in total. The van der Waals surface area contributed by atoms with Crippen LogP contribution >= 0.6 is 0 Å². The molecule has 0 aliphatic heterocycles. The minimum atomic E-state index is 0.430. The Balaban J connectivity index is 2.41. The molecule has 2 rings (SSSR count). The first-order chi connectivity index (χ1) is 8.99. The lowest BCUT2D eigenvalue weighted by molar-refractivity contribution is 0.502. The van der Waals surface area contributed by atoms with Gasteiger partial charge < -0.3 is 10.6 Å². The predicted molar refractivity (Wildman–Crippen MR) is 81.3 cm³/mol. The van der Waals surface area contributed by atoms with Gasteiger partial charge in [0.05, 0.1) is 5.52 Å². The molecule has 0 amide bonds. The van der Waals surface area contributed by atoms with Crippen LogP contribution in [0.5, 0.6) is 0 Å². The van der Waals surface area contributed by atoms with Gasteiger partial charge in [0, 0.05) is 24.2 Å². The zero-order valence-electron chi connectivity index (χ0n) is 12.1. The van der Waals surface area contributed by atoms with Crippen molar-refractivity contribution in [3.05, 3.63) is 24.5 Å². The van der Waals surface area contributed by atoms with Crippen LogP contribution in [0.1, 0.15) is 27.2 Å². The summed E-state index contributed by atoms with van der Waals surface area (Å²) in [6, 6.07) is 6.19. The second-order valence-corrected chi connectivity index (χ2v) is 5.56. The van der Waals surface area contributed by atoms with Crippen molar-refractivity contribution in [3.63, 3.8) is 0 Å². The lowest BCUT2D eigenvalue weighted by atomic mass is 10.0. The maximum atomic E-state index is 5.88. The molecule has 1 atom stereocenters. The third kappa shape index (κ3) is 2.95. The van der Waals surface area contributed by atoms with Crippen LogP contribution in [-0.4, -0.2) is 23.1 Å². The molecular formula is C15H22N4. The fourth-order valence-electron chi connectivity index (χ4n) is 2.39. The van der Waals surface area contributed by atoms with Crippen molar-refractivity contribution in [1.82, 2.24) is 9.97 Å². The number of rotatable bonds is 4. The molecule has 1 aromatic heterocycles. The number of nitrogen functional groups attached to an aromatic ring is 1. The van der Waals surface area contributed by atoms with Gasteiger partial charge in [-0.05, 0) is 37.5 Å². The largest absolute Gasteiger partial charge is 0.399 e. The van der Waals surface area contributed by atoms with Gasteiger partial charge in [-0.3, -0.25) is 0 Å². The summed E-state index contributed by atoms with van der Waals surface area (Å²) in [5.41, 5.74) is 7.55. The van der Waals surface area contributed by atoms with E-state index in [0.717, 1.165) is 28.8 Å². The molecule has 2 aromatic rings. The highest BCUT2D eigenvalue weighted by Gasteiger charge is 2.15. The molecule has 4 nitrogen and oxygen atoms in total. The minimum Gasteiger partial charge on any atom is -0.399 e. The smallest absolute Gasteiger partial charge is 0.139 e. The first kappa shape index (κ1) is 13.6. The molecular weight excluding hydrogens is 236 g/mol. The number of benzene rings is 1. The summed E-state index contributed by atoms with van der Waals surface area (Å²) in [6.45, 7) is 6.70. The molecule has 0 spiro atoms. The molecule has 0 saturated heterocycles. The van der Waals surface area contributed by atoms with Crippen LogP contribution in [0, 0.1) is 5.92 Å². The van der Waals surface area contributed by atoms with Gasteiger partial charge in [0.15, 0.2) is 0 Å². The number of aromatic nitrogens is 2. The number of fused-ring (bicyclic) bond motifs is 1. The van der Waals surface area contributed by atoms with Crippen molar-refractivity contribution < 1.29 is 0 Å². The SMILES string of the molecule is CC(C)CC(C)N(C)c1ncnc2ccc(N)cc12. The van der Waals surface area contributed by atoms with E-state index in [1.807, 2.05) is 18.2 Å². The predicted octanol–water partition coefficient (Wildman–Crippen LogP) is 3.08. The Kier molecular flexibility index (Phi) is 3.88. The van der Waals surface area contributed by atoms with Crippen LogP contribution in [0.4, 0.5) is 11.5 Å². The molecule has 0 bridgehead atoms. The number of hydrogen-bond acceptors (Lipinski definition) is 4. The van der Waals surface area contributed by atoms with E-state index in [4.69, 9.17) is 5.73 Å². The van der Waals surface area contributed by atoms with Crippen LogP contribution in [0.3, 0.4) is 0 Å². The summed E-state index contributed by atoms with van der Waals surface area (Å²) in [5.74, 6) is 1.61. The van der Waals surface area contributed by atoms with Crippen LogP contribution < -0.4 is 10.6 Å². The Morgan fingerprint density at radius 2 is 1.95 bits per heavy atom. The van der Waals surface area contributed by atoms with Crippen LogP contribution in [-0.2, 0) is 0 Å². The molecule has 0 saturated carbocycles. The normalized spacial score (nSPS) is 12.9. The molecule has 0 aliphatic carbocycles. The van der Waals surface area contributed by atoms with Crippen molar-refractivity contribution >= 4 is 22.4 Å². The lowest BCUT2D eigenvalue weighted by Gasteiger charge is -2.28. The summed E-state index contributed by atoms with van der Waals surface area (Å²) >= 11 is 0. The van der Waals surface area contributed by atoms with Crippen molar-refractivity contribution in [2.24, 2.45) is 5.92 Å². The van der Waals surface area contributed by atoms with E-state index < -0.39 is 0 Å². The Bertz CT molecular complexity index is 565. The standard InChI is InChI=1S/C15H22N4/c1-10(2)7-11(3)19(4)15-13-8-12(16)5-6-14(13)17-9-18-15/h5-6,8-11H,7,16H2,1-4H3. The van der Waals surface area contributed by atoms with Crippen molar-refractivity contribution in [2.75, 3.05) is 17.7 Å². The summed E-state index contributed by atoms with van der Waals surface area (Å²) < 4.78 is 0. The fourth-order valence-corrected chi connectivity index (χ4v) is 2.39. The van der Waals surface area contributed by atoms with E-state index in [1.165, 1.54) is 0 Å².